The zero-order valence-electron chi connectivity index (χ0n) is 11.2. The summed E-state index contributed by atoms with van der Waals surface area (Å²) in [5, 5.41) is 4.17. The maximum atomic E-state index is 11.5. The number of pyridine rings is 1. The standard InChI is InChI=1S/C11H12N4O.C2H6/c1-3-10(16)15-8(2)13-11(14-15)9-5-4-6-12-7-9;1-2/h4-7H,3H2,1-2H3;1-2H3. The number of hydrogen-bond acceptors (Lipinski definition) is 4. The van der Waals surface area contributed by atoms with E-state index in [9.17, 15) is 4.79 Å². The molecule has 2 aromatic heterocycles. The number of carbonyl (C=O) groups is 1. The Hall–Kier alpha value is -2.04. The summed E-state index contributed by atoms with van der Waals surface area (Å²) in [6, 6.07) is 3.68. The zero-order chi connectivity index (χ0) is 13.5. The van der Waals surface area contributed by atoms with Gasteiger partial charge in [-0.25, -0.2) is 4.98 Å². The molecule has 2 aromatic rings. The highest BCUT2D eigenvalue weighted by Gasteiger charge is 2.12. The van der Waals surface area contributed by atoms with Gasteiger partial charge in [0.15, 0.2) is 5.82 Å². The first-order valence-corrected chi connectivity index (χ1v) is 6.09. The highest BCUT2D eigenvalue weighted by Crippen LogP contribution is 2.13. The van der Waals surface area contributed by atoms with Crippen LogP contribution < -0.4 is 0 Å². The summed E-state index contributed by atoms with van der Waals surface area (Å²) in [5.41, 5.74) is 0.813. The summed E-state index contributed by atoms with van der Waals surface area (Å²) >= 11 is 0. The summed E-state index contributed by atoms with van der Waals surface area (Å²) in [7, 11) is 0. The van der Waals surface area contributed by atoms with E-state index >= 15 is 0 Å². The van der Waals surface area contributed by atoms with Gasteiger partial charge in [0.2, 0.25) is 5.91 Å². The topological polar surface area (TPSA) is 60.7 Å². The molecule has 0 atom stereocenters. The van der Waals surface area contributed by atoms with Crippen LogP contribution in [0.3, 0.4) is 0 Å². The lowest BCUT2D eigenvalue weighted by atomic mass is 10.3. The van der Waals surface area contributed by atoms with Gasteiger partial charge in [-0.15, -0.1) is 5.10 Å². The van der Waals surface area contributed by atoms with Crippen molar-refractivity contribution in [3.63, 3.8) is 0 Å². The molecule has 0 aliphatic heterocycles. The molecule has 0 unspecified atom stereocenters. The molecular formula is C13H18N4O. The van der Waals surface area contributed by atoms with Gasteiger partial charge in [-0.1, -0.05) is 20.8 Å². The van der Waals surface area contributed by atoms with E-state index in [1.54, 1.807) is 26.2 Å². The number of aryl methyl sites for hydroxylation is 1. The lowest BCUT2D eigenvalue weighted by Gasteiger charge is -1.96. The summed E-state index contributed by atoms with van der Waals surface area (Å²) < 4.78 is 1.34. The molecule has 0 amide bonds. The second kappa shape index (κ2) is 6.64. The fourth-order valence-corrected chi connectivity index (χ4v) is 1.39. The summed E-state index contributed by atoms with van der Waals surface area (Å²) in [6.07, 6.45) is 3.77. The third-order valence-corrected chi connectivity index (χ3v) is 2.23. The van der Waals surface area contributed by atoms with Gasteiger partial charge in [0, 0.05) is 24.4 Å². The lowest BCUT2D eigenvalue weighted by Crippen LogP contribution is -2.12. The Morgan fingerprint density at radius 2 is 2.11 bits per heavy atom. The van der Waals surface area contributed by atoms with Crippen molar-refractivity contribution in [3.8, 4) is 11.4 Å². The van der Waals surface area contributed by atoms with Crippen LogP contribution in [-0.4, -0.2) is 25.7 Å². The molecule has 0 saturated carbocycles. The molecule has 0 bridgehead atoms. The first kappa shape index (κ1) is 14.0. The predicted octanol–water partition coefficient (Wildman–Crippen LogP) is 2.72. The van der Waals surface area contributed by atoms with E-state index in [0.717, 1.165) is 5.56 Å². The average Bonchev–Trinajstić information content (AvgIpc) is 2.83. The molecule has 0 saturated heterocycles. The van der Waals surface area contributed by atoms with E-state index in [4.69, 9.17) is 0 Å². The van der Waals surface area contributed by atoms with Crippen LogP contribution in [0.2, 0.25) is 0 Å². The molecule has 96 valence electrons. The molecule has 2 rings (SSSR count). The molecule has 18 heavy (non-hydrogen) atoms. The van der Waals surface area contributed by atoms with Crippen LogP contribution in [0.1, 0.15) is 37.8 Å². The lowest BCUT2D eigenvalue weighted by molar-refractivity contribution is 0.0890. The number of aromatic nitrogens is 4. The third-order valence-electron chi connectivity index (χ3n) is 2.23. The van der Waals surface area contributed by atoms with Crippen molar-refractivity contribution in [1.82, 2.24) is 19.7 Å². The Morgan fingerprint density at radius 1 is 1.39 bits per heavy atom. The van der Waals surface area contributed by atoms with Crippen LogP contribution in [-0.2, 0) is 0 Å². The zero-order valence-corrected chi connectivity index (χ0v) is 11.2. The van der Waals surface area contributed by atoms with E-state index in [-0.39, 0.29) is 5.91 Å². The molecule has 0 radical (unpaired) electrons. The Kier molecular flexibility index (Phi) is 5.17. The van der Waals surface area contributed by atoms with Crippen molar-refractivity contribution in [2.75, 3.05) is 0 Å². The third kappa shape index (κ3) is 3.00. The van der Waals surface area contributed by atoms with Gasteiger partial charge in [-0.2, -0.15) is 4.68 Å². The Labute approximate surface area is 107 Å². The van der Waals surface area contributed by atoms with Crippen molar-refractivity contribution < 1.29 is 4.79 Å². The molecule has 5 nitrogen and oxygen atoms in total. The van der Waals surface area contributed by atoms with Gasteiger partial charge in [-0.05, 0) is 19.1 Å². The summed E-state index contributed by atoms with van der Waals surface area (Å²) in [5.74, 6) is 1.08. The summed E-state index contributed by atoms with van der Waals surface area (Å²) in [4.78, 5) is 19.8. The molecule has 5 heteroatoms. The highest BCUT2D eigenvalue weighted by molar-refractivity contribution is 5.78. The van der Waals surface area contributed by atoms with Crippen LogP contribution in [0.25, 0.3) is 11.4 Å². The first-order valence-electron chi connectivity index (χ1n) is 6.09. The quantitative estimate of drug-likeness (QED) is 0.817. The Morgan fingerprint density at radius 3 is 2.67 bits per heavy atom. The van der Waals surface area contributed by atoms with Crippen LogP contribution in [0.4, 0.5) is 0 Å². The van der Waals surface area contributed by atoms with E-state index in [1.807, 2.05) is 26.0 Å². The van der Waals surface area contributed by atoms with E-state index < -0.39 is 0 Å². The second-order valence-electron chi connectivity index (χ2n) is 3.38. The van der Waals surface area contributed by atoms with E-state index in [1.165, 1.54) is 4.68 Å². The molecule has 0 aromatic carbocycles. The minimum atomic E-state index is -0.0554. The summed E-state index contributed by atoms with van der Waals surface area (Å²) in [6.45, 7) is 7.56. The van der Waals surface area contributed by atoms with Crippen LogP contribution in [0.5, 0.6) is 0 Å². The van der Waals surface area contributed by atoms with E-state index in [2.05, 4.69) is 15.1 Å². The average molecular weight is 246 g/mol. The number of rotatable bonds is 2. The second-order valence-corrected chi connectivity index (χ2v) is 3.38. The minimum Gasteiger partial charge on any atom is -0.273 e. The van der Waals surface area contributed by atoms with Gasteiger partial charge >= 0.3 is 0 Å². The number of carbonyl (C=O) groups excluding carboxylic acids is 1. The van der Waals surface area contributed by atoms with Crippen molar-refractivity contribution in [2.24, 2.45) is 0 Å². The maximum absolute atomic E-state index is 11.5. The van der Waals surface area contributed by atoms with E-state index in [0.29, 0.717) is 18.1 Å². The number of hydrogen-bond donors (Lipinski definition) is 0. The van der Waals surface area contributed by atoms with Gasteiger partial charge < -0.3 is 0 Å². The smallest absolute Gasteiger partial charge is 0.248 e. The fraction of sp³-hybridized carbons (Fsp3) is 0.385. The van der Waals surface area contributed by atoms with Crippen LogP contribution >= 0.6 is 0 Å². The largest absolute Gasteiger partial charge is 0.273 e. The van der Waals surface area contributed by atoms with Gasteiger partial charge in [-0.3, -0.25) is 9.78 Å². The van der Waals surface area contributed by atoms with Crippen LogP contribution in [0, 0.1) is 6.92 Å². The predicted molar refractivity (Wildman–Crippen MR) is 70.3 cm³/mol. The monoisotopic (exact) mass is 246 g/mol. The Bertz CT molecular complexity index is 505. The molecule has 2 heterocycles. The molecule has 0 N–H and O–H groups in total. The number of nitrogens with zero attached hydrogens (tertiary/aromatic N) is 4. The Balaban J connectivity index is 0.000000771. The van der Waals surface area contributed by atoms with Crippen molar-refractivity contribution >= 4 is 5.91 Å². The van der Waals surface area contributed by atoms with Crippen molar-refractivity contribution in [3.05, 3.63) is 30.4 Å². The van der Waals surface area contributed by atoms with Crippen molar-refractivity contribution in [2.45, 2.75) is 34.1 Å². The SMILES string of the molecule is CC.CCC(=O)n1nc(-c2cccnc2)nc1C. The minimum absolute atomic E-state index is 0.0554. The highest BCUT2D eigenvalue weighted by atomic mass is 16.2. The van der Waals surface area contributed by atoms with Gasteiger partial charge in [0.1, 0.15) is 5.82 Å². The van der Waals surface area contributed by atoms with Crippen LogP contribution in [0.15, 0.2) is 24.5 Å². The molecule has 0 aliphatic rings. The van der Waals surface area contributed by atoms with Gasteiger partial charge in [0.25, 0.3) is 0 Å². The molecule has 0 fully saturated rings. The fourth-order valence-electron chi connectivity index (χ4n) is 1.39. The normalized spacial score (nSPS) is 9.56. The van der Waals surface area contributed by atoms with Crippen molar-refractivity contribution in [1.29, 1.82) is 0 Å². The molecule has 0 spiro atoms. The molecule has 0 aliphatic carbocycles. The first-order chi connectivity index (χ1) is 8.72. The maximum Gasteiger partial charge on any atom is 0.248 e. The van der Waals surface area contributed by atoms with Gasteiger partial charge in [0.05, 0.1) is 0 Å². The molecular weight excluding hydrogens is 228 g/mol.